The van der Waals surface area contributed by atoms with Crippen LogP contribution in [0.4, 0.5) is 5.69 Å². The summed E-state index contributed by atoms with van der Waals surface area (Å²) in [4.78, 5) is 28.7. The summed E-state index contributed by atoms with van der Waals surface area (Å²) in [6.07, 6.45) is 2.45. The van der Waals surface area contributed by atoms with Gasteiger partial charge < -0.3 is 9.52 Å². The first-order valence-corrected chi connectivity index (χ1v) is 5.76. The Morgan fingerprint density at radius 3 is 2.84 bits per heavy atom. The van der Waals surface area contributed by atoms with E-state index in [-0.39, 0.29) is 15.8 Å². The SMILES string of the molecule is Cc1coc(Sc2ncc(C(=O)O)cc2[N+](=O)[O-])n1. The highest BCUT2D eigenvalue weighted by atomic mass is 32.2. The summed E-state index contributed by atoms with van der Waals surface area (Å²) >= 11 is 0.860. The molecule has 0 saturated carbocycles. The van der Waals surface area contributed by atoms with Crippen LogP contribution in [-0.4, -0.2) is 26.0 Å². The minimum absolute atomic E-state index is 0.0249. The largest absolute Gasteiger partial charge is 0.478 e. The summed E-state index contributed by atoms with van der Waals surface area (Å²) in [5, 5.41) is 19.9. The van der Waals surface area contributed by atoms with Gasteiger partial charge in [-0.25, -0.2) is 14.8 Å². The summed E-state index contributed by atoms with van der Waals surface area (Å²) in [7, 11) is 0. The van der Waals surface area contributed by atoms with Gasteiger partial charge in [-0.15, -0.1) is 0 Å². The number of oxazole rings is 1. The number of aryl methyl sites for hydroxylation is 1. The molecule has 0 saturated heterocycles. The molecular formula is C10H7N3O5S. The van der Waals surface area contributed by atoms with Crippen molar-refractivity contribution >= 4 is 23.4 Å². The van der Waals surface area contributed by atoms with Crippen molar-refractivity contribution in [3.8, 4) is 0 Å². The predicted molar refractivity (Wildman–Crippen MR) is 63.2 cm³/mol. The van der Waals surface area contributed by atoms with Crippen LogP contribution in [0.5, 0.6) is 0 Å². The molecule has 0 fully saturated rings. The number of carboxylic acids is 1. The van der Waals surface area contributed by atoms with Crippen molar-refractivity contribution in [2.45, 2.75) is 17.2 Å². The molecule has 0 spiro atoms. The Bertz CT molecular complexity index is 654. The Morgan fingerprint density at radius 2 is 2.32 bits per heavy atom. The summed E-state index contributed by atoms with van der Waals surface area (Å²) in [5.74, 6) is -1.28. The first kappa shape index (κ1) is 13.0. The van der Waals surface area contributed by atoms with Crippen LogP contribution in [-0.2, 0) is 0 Å². The molecular weight excluding hydrogens is 274 g/mol. The standard InChI is InChI=1S/C10H7N3O5S/c1-5-4-18-10(12-5)19-8-7(13(16)17)2-6(3-11-8)9(14)15/h2-4H,1H3,(H,14,15). The Hall–Kier alpha value is -2.42. The molecule has 0 atom stereocenters. The van der Waals surface area contributed by atoms with Crippen molar-refractivity contribution in [2.24, 2.45) is 0 Å². The fraction of sp³-hybridized carbons (Fsp3) is 0.100. The number of nitrogens with zero attached hydrogens (tertiary/aromatic N) is 3. The molecule has 0 unspecified atom stereocenters. The van der Waals surface area contributed by atoms with Crippen LogP contribution in [0.2, 0.25) is 0 Å². The van der Waals surface area contributed by atoms with Crippen LogP contribution in [0.15, 0.2) is 33.2 Å². The topological polar surface area (TPSA) is 119 Å². The molecule has 2 aromatic rings. The summed E-state index contributed by atoms with van der Waals surface area (Å²) in [6, 6.07) is 0.952. The van der Waals surface area contributed by atoms with Crippen LogP contribution in [0.25, 0.3) is 0 Å². The lowest BCUT2D eigenvalue weighted by Crippen LogP contribution is -2.01. The lowest BCUT2D eigenvalue weighted by atomic mass is 10.3. The van der Waals surface area contributed by atoms with E-state index in [0.29, 0.717) is 5.69 Å². The third kappa shape index (κ3) is 2.88. The molecule has 0 amide bonds. The van der Waals surface area contributed by atoms with Gasteiger partial charge in [0.25, 0.3) is 5.22 Å². The molecule has 9 heteroatoms. The average Bonchev–Trinajstić information content (AvgIpc) is 2.74. The van der Waals surface area contributed by atoms with E-state index in [1.165, 1.54) is 6.26 Å². The van der Waals surface area contributed by atoms with Crippen molar-refractivity contribution in [3.63, 3.8) is 0 Å². The number of nitro groups is 1. The predicted octanol–water partition coefficient (Wildman–Crippen LogP) is 2.14. The zero-order valence-corrected chi connectivity index (χ0v) is 10.4. The van der Waals surface area contributed by atoms with Crippen molar-refractivity contribution < 1.29 is 19.2 Å². The molecule has 0 radical (unpaired) electrons. The molecule has 2 rings (SSSR count). The number of rotatable bonds is 4. The van der Waals surface area contributed by atoms with Crippen molar-refractivity contribution in [1.29, 1.82) is 0 Å². The van der Waals surface area contributed by atoms with Crippen LogP contribution >= 0.6 is 11.8 Å². The molecule has 2 heterocycles. The number of hydrogen-bond acceptors (Lipinski definition) is 7. The maximum atomic E-state index is 10.9. The Balaban J connectivity index is 2.39. The van der Waals surface area contributed by atoms with Crippen LogP contribution in [0, 0.1) is 17.0 Å². The Labute approximate surface area is 110 Å². The fourth-order valence-corrected chi connectivity index (χ4v) is 2.02. The highest BCUT2D eigenvalue weighted by Gasteiger charge is 2.21. The zero-order valence-electron chi connectivity index (χ0n) is 9.56. The van der Waals surface area contributed by atoms with E-state index in [4.69, 9.17) is 9.52 Å². The van der Waals surface area contributed by atoms with Gasteiger partial charge in [0.05, 0.1) is 16.2 Å². The molecule has 98 valence electrons. The first-order chi connectivity index (χ1) is 8.97. The fourth-order valence-electron chi connectivity index (χ4n) is 1.23. The van der Waals surface area contributed by atoms with Crippen molar-refractivity contribution in [2.75, 3.05) is 0 Å². The Morgan fingerprint density at radius 1 is 1.58 bits per heavy atom. The molecule has 0 bridgehead atoms. The Kier molecular flexibility index (Phi) is 3.47. The lowest BCUT2D eigenvalue weighted by molar-refractivity contribution is -0.388. The highest BCUT2D eigenvalue weighted by Crippen LogP contribution is 2.32. The third-order valence-corrected chi connectivity index (χ3v) is 2.93. The highest BCUT2D eigenvalue weighted by molar-refractivity contribution is 7.99. The second-order valence-electron chi connectivity index (χ2n) is 3.47. The third-order valence-electron chi connectivity index (χ3n) is 2.06. The molecule has 8 nitrogen and oxygen atoms in total. The number of carbonyl (C=O) groups is 1. The van der Waals surface area contributed by atoms with E-state index in [1.54, 1.807) is 6.92 Å². The maximum Gasteiger partial charge on any atom is 0.337 e. The minimum atomic E-state index is -1.28. The average molecular weight is 281 g/mol. The van der Waals surface area contributed by atoms with Gasteiger partial charge in [0.2, 0.25) is 0 Å². The van der Waals surface area contributed by atoms with Gasteiger partial charge in [-0.05, 0) is 18.7 Å². The van der Waals surface area contributed by atoms with Gasteiger partial charge in [-0.3, -0.25) is 10.1 Å². The summed E-state index contributed by atoms with van der Waals surface area (Å²) in [5.41, 5.74) is -0.0207. The zero-order chi connectivity index (χ0) is 14.0. The number of hydrogen-bond donors (Lipinski definition) is 1. The quantitative estimate of drug-likeness (QED) is 0.668. The number of aromatic carboxylic acids is 1. The molecule has 19 heavy (non-hydrogen) atoms. The van der Waals surface area contributed by atoms with Gasteiger partial charge >= 0.3 is 11.7 Å². The molecule has 0 aliphatic rings. The second-order valence-corrected chi connectivity index (χ2v) is 4.41. The van der Waals surface area contributed by atoms with Gasteiger partial charge in [0.1, 0.15) is 6.26 Å². The van der Waals surface area contributed by atoms with Crippen LogP contribution in [0.1, 0.15) is 16.1 Å². The summed E-state index contributed by atoms with van der Waals surface area (Å²) in [6.45, 7) is 1.71. The van der Waals surface area contributed by atoms with Gasteiger partial charge in [0.15, 0.2) is 5.03 Å². The molecule has 0 aromatic carbocycles. The van der Waals surface area contributed by atoms with E-state index in [1.807, 2.05) is 0 Å². The second kappa shape index (κ2) is 5.06. The van der Waals surface area contributed by atoms with Crippen LogP contribution in [0.3, 0.4) is 0 Å². The van der Waals surface area contributed by atoms with E-state index in [9.17, 15) is 14.9 Å². The monoisotopic (exact) mass is 281 g/mol. The number of carboxylic acid groups (broad SMARTS) is 1. The normalized spacial score (nSPS) is 10.4. The van der Waals surface area contributed by atoms with E-state index in [2.05, 4.69) is 9.97 Å². The lowest BCUT2D eigenvalue weighted by Gasteiger charge is -2.00. The summed E-state index contributed by atoms with van der Waals surface area (Å²) < 4.78 is 5.05. The van der Waals surface area contributed by atoms with Crippen molar-refractivity contribution in [3.05, 3.63) is 39.9 Å². The van der Waals surface area contributed by atoms with Crippen LogP contribution < -0.4 is 0 Å². The number of aromatic nitrogens is 2. The van der Waals surface area contributed by atoms with E-state index < -0.39 is 16.6 Å². The number of pyridine rings is 1. The smallest absolute Gasteiger partial charge is 0.337 e. The van der Waals surface area contributed by atoms with Gasteiger partial charge in [-0.2, -0.15) is 0 Å². The van der Waals surface area contributed by atoms with Gasteiger partial charge in [-0.1, -0.05) is 0 Å². The minimum Gasteiger partial charge on any atom is -0.478 e. The molecule has 1 N–H and O–H groups in total. The molecule has 2 aromatic heterocycles. The first-order valence-electron chi connectivity index (χ1n) is 4.95. The molecule has 0 aliphatic heterocycles. The maximum absolute atomic E-state index is 10.9. The van der Waals surface area contributed by atoms with Gasteiger partial charge in [0, 0.05) is 12.3 Å². The van der Waals surface area contributed by atoms with Crippen molar-refractivity contribution in [1.82, 2.24) is 9.97 Å². The molecule has 0 aliphatic carbocycles. The van der Waals surface area contributed by atoms with E-state index >= 15 is 0 Å². The van der Waals surface area contributed by atoms with E-state index in [0.717, 1.165) is 24.0 Å².